The zero-order valence-corrected chi connectivity index (χ0v) is 12.6. The van der Waals surface area contributed by atoms with Crippen LogP contribution in [0.4, 0.5) is 0 Å². The van der Waals surface area contributed by atoms with E-state index in [1.807, 2.05) is 4.90 Å². The summed E-state index contributed by atoms with van der Waals surface area (Å²) in [5.74, 6) is 0.981. The van der Waals surface area contributed by atoms with Crippen molar-refractivity contribution in [3.63, 3.8) is 0 Å². The van der Waals surface area contributed by atoms with Gasteiger partial charge in [-0.25, -0.2) is 0 Å². The first-order chi connectivity index (χ1) is 9.08. The van der Waals surface area contributed by atoms with E-state index in [0.29, 0.717) is 5.92 Å². The zero-order chi connectivity index (χ0) is 13.9. The van der Waals surface area contributed by atoms with E-state index in [1.54, 1.807) is 7.11 Å². The zero-order valence-electron chi connectivity index (χ0n) is 12.6. The third-order valence-electron chi connectivity index (χ3n) is 4.85. The quantitative estimate of drug-likeness (QED) is 0.848. The molecule has 2 rings (SSSR count). The molecule has 0 spiro atoms. The first-order valence-corrected chi connectivity index (χ1v) is 7.65. The van der Waals surface area contributed by atoms with E-state index in [-0.39, 0.29) is 17.6 Å². The van der Waals surface area contributed by atoms with Crippen LogP contribution in [0.2, 0.25) is 0 Å². The van der Waals surface area contributed by atoms with Crippen molar-refractivity contribution in [3.05, 3.63) is 0 Å². The normalized spacial score (nSPS) is 36.3. The highest BCUT2D eigenvalue weighted by molar-refractivity contribution is 5.82. The molecule has 0 radical (unpaired) electrons. The van der Waals surface area contributed by atoms with Crippen LogP contribution in [0.25, 0.3) is 0 Å². The predicted octanol–water partition coefficient (Wildman–Crippen LogP) is 1.79. The number of piperidine rings is 2. The Kier molecular flexibility index (Phi) is 4.85. The van der Waals surface area contributed by atoms with E-state index in [9.17, 15) is 4.79 Å². The molecule has 2 aliphatic heterocycles. The third kappa shape index (κ3) is 3.48. The van der Waals surface area contributed by atoms with E-state index in [0.717, 1.165) is 38.9 Å². The van der Waals surface area contributed by atoms with E-state index in [1.165, 1.54) is 12.8 Å². The van der Waals surface area contributed by atoms with Crippen LogP contribution in [0.5, 0.6) is 0 Å². The molecular formula is C15H28N2O2. The van der Waals surface area contributed by atoms with E-state index >= 15 is 0 Å². The standard InChI is InChI=1S/C15H28N2O2/c1-4-12-6-8-16-13(10-12)14(18)17-9-5-7-15(2,11-17)19-3/h12-13,16H,4-11H2,1-3H3. The van der Waals surface area contributed by atoms with Gasteiger partial charge in [0, 0.05) is 20.2 Å². The number of amides is 1. The molecule has 1 N–H and O–H groups in total. The maximum absolute atomic E-state index is 12.6. The van der Waals surface area contributed by atoms with Crippen LogP contribution in [0.3, 0.4) is 0 Å². The van der Waals surface area contributed by atoms with Gasteiger partial charge in [0.15, 0.2) is 0 Å². The molecule has 19 heavy (non-hydrogen) atoms. The number of ether oxygens (including phenoxy) is 1. The van der Waals surface area contributed by atoms with Gasteiger partial charge in [-0.2, -0.15) is 0 Å². The maximum atomic E-state index is 12.6. The topological polar surface area (TPSA) is 41.6 Å². The Labute approximate surface area is 116 Å². The molecule has 4 nitrogen and oxygen atoms in total. The first-order valence-electron chi connectivity index (χ1n) is 7.65. The van der Waals surface area contributed by atoms with Gasteiger partial charge in [-0.15, -0.1) is 0 Å². The minimum Gasteiger partial charge on any atom is -0.377 e. The lowest BCUT2D eigenvalue weighted by atomic mass is 9.88. The van der Waals surface area contributed by atoms with Crippen molar-refractivity contribution in [2.24, 2.45) is 5.92 Å². The van der Waals surface area contributed by atoms with Gasteiger partial charge in [0.1, 0.15) is 0 Å². The molecule has 0 aromatic carbocycles. The van der Waals surface area contributed by atoms with Gasteiger partial charge in [-0.3, -0.25) is 4.79 Å². The summed E-state index contributed by atoms with van der Waals surface area (Å²) in [5.41, 5.74) is -0.160. The molecule has 0 aliphatic carbocycles. The summed E-state index contributed by atoms with van der Waals surface area (Å²) in [6.45, 7) is 6.92. The molecule has 1 amide bonds. The average molecular weight is 268 g/mol. The van der Waals surface area contributed by atoms with Gasteiger partial charge in [0.25, 0.3) is 0 Å². The summed E-state index contributed by atoms with van der Waals surface area (Å²) in [4.78, 5) is 14.6. The Morgan fingerprint density at radius 3 is 3.00 bits per heavy atom. The lowest BCUT2D eigenvalue weighted by Gasteiger charge is -2.41. The number of rotatable bonds is 3. The Bertz CT molecular complexity index is 321. The monoisotopic (exact) mass is 268 g/mol. The molecule has 2 saturated heterocycles. The summed E-state index contributed by atoms with van der Waals surface area (Å²) in [7, 11) is 1.75. The van der Waals surface area contributed by atoms with Gasteiger partial charge in [-0.05, 0) is 45.1 Å². The molecule has 0 bridgehead atoms. The third-order valence-corrected chi connectivity index (χ3v) is 4.85. The summed E-state index contributed by atoms with van der Waals surface area (Å²) in [6.07, 6.45) is 5.47. The molecule has 4 heteroatoms. The number of carbonyl (C=O) groups is 1. The second-order valence-electron chi connectivity index (χ2n) is 6.32. The van der Waals surface area contributed by atoms with Gasteiger partial charge in [-0.1, -0.05) is 13.3 Å². The minimum atomic E-state index is -0.160. The molecule has 2 fully saturated rings. The predicted molar refractivity (Wildman–Crippen MR) is 76.0 cm³/mol. The molecule has 0 aromatic rings. The Morgan fingerprint density at radius 1 is 1.53 bits per heavy atom. The van der Waals surface area contributed by atoms with E-state index in [2.05, 4.69) is 19.2 Å². The SMILES string of the molecule is CCC1CCNC(C(=O)N2CCCC(C)(OC)C2)C1. The second-order valence-corrected chi connectivity index (χ2v) is 6.32. The van der Waals surface area contributed by atoms with Crippen LogP contribution >= 0.6 is 0 Å². The number of hydrogen-bond donors (Lipinski definition) is 1. The van der Waals surface area contributed by atoms with Gasteiger partial charge < -0.3 is 15.0 Å². The highest BCUT2D eigenvalue weighted by Gasteiger charge is 2.36. The molecule has 3 atom stereocenters. The summed E-state index contributed by atoms with van der Waals surface area (Å²) < 4.78 is 5.57. The summed E-state index contributed by atoms with van der Waals surface area (Å²) in [5, 5.41) is 3.39. The number of carbonyl (C=O) groups excluding carboxylic acids is 1. The van der Waals surface area contributed by atoms with Gasteiger partial charge in [0.05, 0.1) is 11.6 Å². The number of nitrogens with zero attached hydrogens (tertiary/aromatic N) is 1. The average Bonchev–Trinajstić information content (AvgIpc) is 2.46. The van der Waals surface area contributed by atoms with Gasteiger partial charge in [0.2, 0.25) is 5.91 Å². The van der Waals surface area contributed by atoms with Crippen molar-refractivity contribution in [2.75, 3.05) is 26.7 Å². The van der Waals surface area contributed by atoms with Crippen LogP contribution in [0.15, 0.2) is 0 Å². The van der Waals surface area contributed by atoms with Crippen molar-refractivity contribution in [2.45, 2.75) is 57.6 Å². The van der Waals surface area contributed by atoms with Crippen LogP contribution in [0.1, 0.15) is 46.0 Å². The maximum Gasteiger partial charge on any atom is 0.239 e. The molecule has 2 heterocycles. The fraction of sp³-hybridized carbons (Fsp3) is 0.933. The van der Waals surface area contributed by atoms with E-state index in [4.69, 9.17) is 4.74 Å². The van der Waals surface area contributed by atoms with Gasteiger partial charge >= 0.3 is 0 Å². The van der Waals surface area contributed by atoms with Crippen molar-refractivity contribution in [1.82, 2.24) is 10.2 Å². The highest BCUT2D eigenvalue weighted by atomic mass is 16.5. The Balaban J connectivity index is 1.95. The van der Waals surface area contributed by atoms with Crippen molar-refractivity contribution in [1.29, 1.82) is 0 Å². The molecule has 3 unspecified atom stereocenters. The smallest absolute Gasteiger partial charge is 0.239 e. The summed E-state index contributed by atoms with van der Waals surface area (Å²) in [6, 6.07) is 0.0258. The summed E-state index contributed by atoms with van der Waals surface area (Å²) >= 11 is 0. The highest BCUT2D eigenvalue weighted by Crippen LogP contribution is 2.26. The number of likely N-dealkylation sites (tertiary alicyclic amines) is 1. The largest absolute Gasteiger partial charge is 0.377 e. The first kappa shape index (κ1) is 14.8. The fourth-order valence-corrected chi connectivity index (χ4v) is 3.34. The lowest BCUT2D eigenvalue weighted by Crippen LogP contribution is -2.56. The fourth-order valence-electron chi connectivity index (χ4n) is 3.34. The second kappa shape index (κ2) is 6.23. The number of hydrogen-bond acceptors (Lipinski definition) is 3. The van der Waals surface area contributed by atoms with Crippen LogP contribution in [0, 0.1) is 5.92 Å². The van der Waals surface area contributed by atoms with Crippen LogP contribution in [-0.2, 0) is 9.53 Å². The lowest BCUT2D eigenvalue weighted by molar-refractivity contribution is -0.142. The minimum absolute atomic E-state index is 0.0258. The van der Waals surface area contributed by atoms with Crippen molar-refractivity contribution in [3.8, 4) is 0 Å². The number of nitrogens with one attached hydrogen (secondary N) is 1. The molecule has 2 aliphatic rings. The van der Waals surface area contributed by atoms with Crippen molar-refractivity contribution >= 4 is 5.91 Å². The van der Waals surface area contributed by atoms with Crippen LogP contribution in [-0.4, -0.2) is 49.2 Å². The molecule has 0 saturated carbocycles. The van der Waals surface area contributed by atoms with E-state index < -0.39 is 0 Å². The molecule has 110 valence electrons. The Morgan fingerprint density at radius 2 is 2.32 bits per heavy atom. The molecular weight excluding hydrogens is 240 g/mol. The Hall–Kier alpha value is -0.610. The number of methoxy groups -OCH3 is 1. The van der Waals surface area contributed by atoms with Crippen LogP contribution < -0.4 is 5.32 Å². The molecule has 0 aromatic heterocycles. The van der Waals surface area contributed by atoms with Crippen molar-refractivity contribution < 1.29 is 9.53 Å².